The molecule has 0 bridgehead atoms. The average molecular weight is 272 g/mol. The van der Waals surface area contributed by atoms with E-state index in [0.717, 1.165) is 0 Å². The van der Waals surface area contributed by atoms with Gasteiger partial charge in [0.05, 0.1) is 5.69 Å². The predicted octanol–water partition coefficient (Wildman–Crippen LogP) is 0.282. The van der Waals surface area contributed by atoms with Crippen LogP contribution in [0.4, 0.5) is 5.69 Å². The second-order valence-electron chi connectivity index (χ2n) is 4.39. The van der Waals surface area contributed by atoms with Crippen molar-refractivity contribution in [3.63, 3.8) is 0 Å². The molecular formula is C11H20N4O2S. The maximum Gasteiger partial charge on any atom is 0.244 e. The summed E-state index contributed by atoms with van der Waals surface area (Å²) in [6.07, 6.45) is 2.71. The Morgan fingerprint density at radius 2 is 2.17 bits per heavy atom. The van der Waals surface area contributed by atoms with Crippen molar-refractivity contribution in [1.82, 2.24) is 14.6 Å². The van der Waals surface area contributed by atoms with Gasteiger partial charge in [-0.2, -0.15) is 0 Å². The summed E-state index contributed by atoms with van der Waals surface area (Å²) in [5.41, 5.74) is 5.82. The van der Waals surface area contributed by atoms with E-state index in [0.29, 0.717) is 19.1 Å². The number of hydrogen-bond acceptors (Lipinski definition) is 5. The molecule has 1 heterocycles. The number of nitrogens with one attached hydrogen (secondary N) is 1. The molecule has 0 aliphatic rings. The van der Waals surface area contributed by atoms with E-state index >= 15 is 0 Å². The number of nitrogens with zero attached hydrogens (tertiary/aromatic N) is 2. The zero-order valence-electron chi connectivity index (χ0n) is 10.9. The second-order valence-corrected chi connectivity index (χ2v) is 6.12. The van der Waals surface area contributed by atoms with Crippen molar-refractivity contribution in [3.8, 4) is 0 Å². The third kappa shape index (κ3) is 3.94. The highest BCUT2D eigenvalue weighted by Gasteiger charge is 2.17. The van der Waals surface area contributed by atoms with Crippen LogP contribution in [0.5, 0.6) is 0 Å². The summed E-state index contributed by atoms with van der Waals surface area (Å²) in [7, 11) is -1.63. The van der Waals surface area contributed by atoms with Crippen molar-refractivity contribution in [2.24, 2.45) is 0 Å². The van der Waals surface area contributed by atoms with Crippen LogP contribution in [-0.4, -0.2) is 44.5 Å². The van der Waals surface area contributed by atoms with Gasteiger partial charge in [-0.15, -0.1) is 0 Å². The summed E-state index contributed by atoms with van der Waals surface area (Å²) in [6.45, 7) is 5.07. The van der Waals surface area contributed by atoms with Crippen molar-refractivity contribution in [2.45, 2.75) is 24.8 Å². The van der Waals surface area contributed by atoms with Crippen LogP contribution < -0.4 is 10.5 Å². The highest BCUT2D eigenvalue weighted by molar-refractivity contribution is 7.89. The molecule has 1 rings (SSSR count). The van der Waals surface area contributed by atoms with E-state index in [-0.39, 0.29) is 10.6 Å². The standard InChI is InChI=1S/C11H20N4O2S/c1-9(2)15(3)7-6-14-18(16,17)11-8-13-5-4-10(11)12/h4-5,8-9,14H,6-7H2,1-3H3,(H2,12,13). The van der Waals surface area contributed by atoms with Gasteiger partial charge in [-0.25, -0.2) is 13.1 Å². The maximum atomic E-state index is 12.0. The number of rotatable bonds is 6. The number of nitrogen functional groups attached to an aromatic ring is 1. The van der Waals surface area contributed by atoms with E-state index in [9.17, 15) is 8.42 Å². The number of anilines is 1. The quantitative estimate of drug-likeness (QED) is 0.776. The van der Waals surface area contributed by atoms with Crippen molar-refractivity contribution >= 4 is 15.7 Å². The molecule has 0 aromatic carbocycles. The van der Waals surface area contributed by atoms with E-state index < -0.39 is 10.0 Å². The fraction of sp³-hybridized carbons (Fsp3) is 0.545. The van der Waals surface area contributed by atoms with Gasteiger partial charge in [0, 0.05) is 31.5 Å². The van der Waals surface area contributed by atoms with Gasteiger partial charge in [-0.1, -0.05) is 0 Å². The van der Waals surface area contributed by atoms with E-state index in [1.165, 1.54) is 18.5 Å². The normalized spacial score (nSPS) is 12.3. The minimum Gasteiger partial charge on any atom is -0.398 e. The zero-order valence-corrected chi connectivity index (χ0v) is 11.7. The van der Waals surface area contributed by atoms with Crippen LogP contribution in [0.25, 0.3) is 0 Å². The Kier molecular flexibility index (Phi) is 5.06. The molecule has 18 heavy (non-hydrogen) atoms. The minimum absolute atomic E-state index is 0.0252. The van der Waals surface area contributed by atoms with Crippen molar-refractivity contribution in [2.75, 3.05) is 25.9 Å². The van der Waals surface area contributed by atoms with Crippen LogP contribution in [0, 0.1) is 0 Å². The van der Waals surface area contributed by atoms with Gasteiger partial charge in [0.15, 0.2) is 0 Å². The average Bonchev–Trinajstić information content (AvgIpc) is 2.28. The summed E-state index contributed by atoms with van der Waals surface area (Å²) in [4.78, 5) is 5.85. The molecule has 1 aromatic rings. The van der Waals surface area contributed by atoms with Crippen LogP contribution in [-0.2, 0) is 10.0 Å². The van der Waals surface area contributed by atoms with Gasteiger partial charge < -0.3 is 10.6 Å². The first-order chi connectivity index (χ1) is 8.34. The number of pyridine rings is 1. The number of aromatic nitrogens is 1. The first kappa shape index (κ1) is 14.9. The zero-order chi connectivity index (χ0) is 13.8. The fourth-order valence-electron chi connectivity index (χ4n) is 1.31. The van der Waals surface area contributed by atoms with Gasteiger partial charge in [-0.3, -0.25) is 4.98 Å². The SMILES string of the molecule is CC(C)N(C)CCNS(=O)(=O)c1cnccc1N. The fourth-order valence-corrected chi connectivity index (χ4v) is 2.40. The number of hydrogen-bond donors (Lipinski definition) is 2. The molecule has 3 N–H and O–H groups in total. The summed E-state index contributed by atoms with van der Waals surface area (Å²) in [5.74, 6) is 0. The van der Waals surface area contributed by atoms with Gasteiger partial charge in [0.25, 0.3) is 0 Å². The monoisotopic (exact) mass is 272 g/mol. The van der Waals surface area contributed by atoms with Crippen LogP contribution in [0.2, 0.25) is 0 Å². The number of sulfonamides is 1. The largest absolute Gasteiger partial charge is 0.398 e. The molecule has 0 aliphatic carbocycles. The lowest BCUT2D eigenvalue weighted by atomic mass is 10.3. The van der Waals surface area contributed by atoms with Crippen LogP contribution in [0.15, 0.2) is 23.4 Å². The van der Waals surface area contributed by atoms with Crippen molar-refractivity contribution in [1.29, 1.82) is 0 Å². The molecule has 0 radical (unpaired) electrons. The summed E-state index contributed by atoms with van der Waals surface area (Å²) >= 11 is 0. The van der Waals surface area contributed by atoms with Crippen LogP contribution in [0.1, 0.15) is 13.8 Å². The highest BCUT2D eigenvalue weighted by Crippen LogP contribution is 2.14. The van der Waals surface area contributed by atoms with E-state index in [1.807, 2.05) is 20.9 Å². The number of nitrogens with two attached hydrogens (primary N) is 1. The Hall–Kier alpha value is -1.18. The van der Waals surface area contributed by atoms with Crippen LogP contribution >= 0.6 is 0 Å². The van der Waals surface area contributed by atoms with E-state index in [1.54, 1.807) is 0 Å². The third-order valence-corrected chi connectivity index (χ3v) is 4.25. The molecule has 1 aromatic heterocycles. The predicted molar refractivity (Wildman–Crippen MR) is 71.6 cm³/mol. The molecule has 0 unspecified atom stereocenters. The van der Waals surface area contributed by atoms with Gasteiger partial charge in [0.2, 0.25) is 10.0 Å². The first-order valence-corrected chi connectivity index (χ1v) is 7.22. The Morgan fingerprint density at radius 3 is 2.72 bits per heavy atom. The Morgan fingerprint density at radius 1 is 1.50 bits per heavy atom. The molecular weight excluding hydrogens is 252 g/mol. The van der Waals surface area contributed by atoms with E-state index in [2.05, 4.69) is 14.6 Å². The Labute approximate surface area is 108 Å². The molecule has 0 saturated carbocycles. The maximum absolute atomic E-state index is 12.0. The lowest BCUT2D eigenvalue weighted by Crippen LogP contribution is -2.36. The highest BCUT2D eigenvalue weighted by atomic mass is 32.2. The first-order valence-electron chi connectivity index (χ1n) is 5.74. The molecule has 0 fully saturated rings. The van der Waals surface area contributed by atoms with Crippen molar-refractivity contribution < 1.29 is 8.42 Å². The summed E-state index contributed by atoms with van der Waals surface area (Å²) in [5, 5.41) is 0. The second kappa shape index (κ2) is 6.12. The van der Waals surface area contributed by atoms with Gasteiger partial charge >= 0.3 is 0 Å². The molecule has 6 nitrogen and oxygen atoms in total. The van der Waals surface area contributed by atoms with E-state index in [4.69, 9.17) is 5.73 Å². The third-order valence-electron chi connectivity index (χ3n) is 2.74. The smallest absolute Gasteiger partial charge is 0.244 e. The van der Waals surface area contributed by atoms with Gasteiger partial charge in [0.1, 0.15) is 4.90 Å². The topological polar surface area (TPSA) is 88.3 Å². The number of likely N-dealkylation sites (N-methyl/N-ethyl adjacent to an activating group) is 1. The molecule has 102 valence electrons. The summed E-state index contributed by atoms with van der Waals surface area (Å²) in [6, 6.07) is 1.84. The minimum atomic E-state index is -3.58. The Bertz CT molecular complexity index is 488. The lowest BCUT2D eigenvalue weighted by molar-refractivity contribution is 0.278. The molecule has 0 amide bonds. The molecule has 7 heteroatoms. The van der Waals surface area contributed by atoms with Crippen LogP contribution in [0.3, 0.4) is 0 Å². The molecule has 0 atom stereocenters. The summed E-state index contributed by atoms with van der Waals surface area (Å²) < 4.78 is 26.4. The van der Waals surface area contributed by atoms with Gasteiger partial charge in [-0.05, 0) is 27.0 Å². The van der Waals surface area contributed by atoms with Crippen molar-refractivity contribution in [3.05, 3.63) is 18.5 Å². The molecule has 0 aliphatic heterocycles. The molecule has 0 spiro atoms. The lowest BCUT2D eigenvalue weighted by Gasteiger charge is -2.20. The molecule has 0 saturated heterocycles. The Balaban J connectivity index is 2.64.